The number of likely N-dealkylation sites (tertiary alicyclic amines) is 1. The van der Waals surface area contributed by atoms with Crippen LogP contribution in [-0.2, 0) is 0 Å². The van der Waals surface area contributed by atoms with Gasteiger partial charge in [-0.2, -0.15) is 0 Å². The molecule has 21 heavy (non-hydrogen) atoms. The minimum Gasteiger partial charge on any atom is -0.478 e. The Morgan fingerprint density at radius 2 is 2.00 bits per heavy atom. The molecule has 2 rings (SSSR count). The number of nitrogens with one attached hydrogen (secondary N) is 1. The third kappa shape index (κ3) is 4.60. The van der Waals surface area contributed by atoms with Crippen LogP contribution in [0, 0.1) is 0 Å². The van der Waals surface area contributed by atoms with Crippen LogP contribution in [0.2, 0.25) is 0 Å². The van der Waals surface area contributed by atoms with Crippen molar-refractivity contribution in [1.82, 2.24) is 4.90 Å². The monoisotopic (exact) mass is 288 g/mol. The van der Waals surface area contributed by atoms with Gasteiger partial charge in [0.15, 0.2) is 0 Å². The molecule has 0 aliphatic carbocycles. The van der Waals surface area contributed by atoms with Crippen LogP contribution < -0.4 is 5.32 Å². The summed E-state index contributed by atoms with van der Waals surface area (Å²) in [5.41, 5.74) is 2.43. The van der Waals surface area contributed by atoms with Crippen LogP contribution in [0.15, 0.2) is 35.9 Å². The number of aromatic carboxylic acids is 1. The number of rotatable bonds is 5. The summed E-state index contributed by atoms with van der Waals surface area (Å²) < 4.78 is 0. The molecule has 4 nitrogen and oxygen atoms in total. The van der Waals surface area contributed by atoms with E-state index in [9.17, 15) is 9.90 Å². The van der Waals surface area contributed by atoms with E-state index in [-0.39, 0.29) is 0 Å². The number of anilines is 1. The number of carboxylic acid groups (broad SMARTS) is 1. The number of carboxylic acids is 1. The number of benzene rings is 1. The fourth-order valence-electron chi connectivity index (χ4n) is 2.59. The lowest BCUT2D eigenvalue weighted by Gasteiger charge is -2.32. The first-order valence-electron chi connectivity index (χ1n) is 7.51. The van der Waals surface area contributed by atoms with Crippen molar-refractivity contribution < 1.29 is 9.90 Å². The number of piperidine rings is 1. The first-order chi connectivity index (χ1) is 10.1. The lowest BCUT2D eigenvalue weighted by Crippen LogP contribution is -2.39. The van der Waals surface area contributed by atoms with Gasteiger partial charge in [0.2, 0.25) is 0 Å². The molecule has 1 aromatic carbocycles. The van der Waals surface area contributed by atoms with Crippen LogP contribution in [0.4, 0.5) is 5.69 Å². The van der Waals surface area contributed by atoms with E-state index in [4.69, 9.17) is 0 Å². The third-order valence-corrected chi connectivity index (χ3v) is 3.86. The van der Waals surface area contributed by atoms with Gasteiger partial charge in [-0.25, -0.2) is 4.79 Å². The Morgan fingerprint density at radius 1 is 1.33 bits per heavy atom. The molecule has 4 heteroatoms. The lowest BCUT2D eigenvalue weighted by atomic mass is 10.0. The van der Waals surface area contributed by atoms with Gasteiger partial charge in [-0.05, 0) is 38.8 Å². The van der Waals surface area contributed by atoms with E-state index in [0.717, 1.165) is 38.2 Å². The van der Waals surface area contributed by atoms with E-state index in [0.29, 0.717) is 11.6 Å². The van der Waals surface area contributed by atoms with Crippen LogP contribution >= 0.6 is 0 Å². The Kier molecular flexibility index (Phi) is 5.39. The molecule has 0 atom stereocenters. The summed E-state index contributed by atoms with van der Waals surface area (Å²) in [6.45, 7) is 7.36. The van der Waals surface area contributed by atoms with Crippen molar-refractivity contribution in [3.8, 4) is 0 Å². The van der Waals surface area contributed by atoms with Crippen molar-refractivity contribution in [3.63, 3.8) is 0 Å². The van der Waals surface area contributed by atoms with E-state index in [1.54, 1.807) is 12.1 Å². The first kappa shape index (κ1) is 15.6. The van der Waals surface area contributed by atoms with Gasteiger partial charge < -0.3 is 10.4 Å². The zero-order valence-corrected chi connectivity index (χ0v) is 12.8. The van der Waals surface area contributed by atoms with Gasteiger partial charge in [-0.15, -0.1) is 0 Å². The Hall–Kier alpha value is -1.81. The summed E-state index contributed by atoms with van der Waals surface area (Å²) in [5, 5.41) is 12.6. The van der Waals surface area contributed by atoms with Crippen molar-refractivity contribution in [2.24, 2.45) is 0 Å². The van der Waals surface area contributed by atoms with Gasteiger partial charge in [0.1, 0.15) is 0 Å². The van der Waals surface area contributed by atoms with Gasteiger partial charge >= 0.3 is 5.97 Å². The van der Waals surface area contributed by atoms with Crippen LogP contribution in [0.5, 0.6) is 0 Å². The second kappa shape index (κ2) is 7.27. The maximum atomic E-state index is 11.2. The Morgan fingerprint density at radius 3 is 2.62 bits per heavy atom. The summed E-state index contributed by atoms with van der Waals surface area (Å²) in [6, 6.07) is 7.48. The molecule has 0 radical (unpaired) electrons. The second-order valence-corrected chi connectivity index (χ2v) is 5.85. The van der Waals surface area contributed by atoms with Gasteiger partial charge in [0.25, 0.3) is 0 Å². The molecule has 0 bridgehead atoms. The maximum absolute atomic E-state index is 11.2. The Balaban J connectivity index is 1.89. The molecule has 0 aromatic heterocycles. The van der Waals surface area contributed by atoms with Crippen molar-refractivity contribution in [2.45, 2.75) is 32.7 Å². The minimum atomic E-state index is -0.876. The average molecular weight is 288 g/mol. The number of hydrogen-bond donors (Lipinski definition) is 2. The highest BCUT2D eigenvalue weighted by Gasteiger charge is 2.19. The van der Waals surface area contributed by atoms with Crippen LogP contribution in [0.25, 0.3) is 0 Å². The molecular weight excluding hydrogens is 264 g/mol. The fourth-order valence-corrected chi connectivity index (χ4v) is 2.59. The smallest absolute Gasteiger partial charge is 0.337 e. The number of allylic oxidation sites excluding steroid dienone is 1. The topological polar surface area (TPSA) is 52.6 Å². The normalized spacial score (nSPS) is 16.5. The molecule has 0 unspecified atom stereocenters. The van der Waals surface area contributed by atoms with E-state index in [1.807, 2.05) is 12.1 Å². The Labute approximate surface area is 126 Å². The number of nitrogens with zero attached hydrogens (tertiary/aromatic N) is 1. The van der Waals surface area contributed by atoms with Crippen molar-refractivity contribution in [3.05, 3.63) is 41.5 Å². The van der Waals surface area contributed by atoms with Crippen molar-refractivity contribution >= 4 is 11.7 Å². The lowest BCUT2D eigenvalue weighted by molar-refractivity contribution is 0.0698. The highest BCUT2D eigenvalue weighted by molar-refractivity contribution is 5.94. The summed E-state index contributed by atoms with van der Waals surface area (Å²) in [5.74, 6) is -0.876. The van der Waals surface area contributed by atoms with E-state index >= 15 is 0 Å². The summed E-state index contributed by atoms with van der Waals surface area (Å²) in [6.07, 6.45) is 4.35. The summed E-state index contributed by atoms with van der Waals surface area (Å²) in [7, 11) is 0. The highest BCUT2D eigenvalue weighted by Crippen LogP contribution is 2.20. The first-order valence-corrected chi connectivity index (χ1v) is 7.51. The maximum Gasteiger partial charge on any atom is 0.337 e. The summed E-state index contributed by atoms with van der Waals surface area (Å²) in [4.78, 5) is 13.6. The van der Waals surface area contributed by atoms with Gasteiger partial charge in [0.05, 0.1) is 5.56 Å². The molecule has 0 amide bonds. The minimum absolute atomic E-state index is 0.351. The molecule has 1 saturated heterocycles. The van der Waals surface area contributed by atoms with Crippen LogP contribution in [0.3, 0.4) is 0 Å². The number of hydrogen-bond acceptors (Lipinski definition) is 3. The molecule has 1 fully saturated rings. The molecule has 1 aliphatic heterocycles. The third-order valence-electron chi connectivity index (χ3n) is 3.86. The largest absolute Gasteiger partial charge is 0.478 e. The highest BCUT2D eigenvalue weighted by atomic mass is 16.4. The quantitative estimate of drug-likeness (QED) is 0.817. The molecular formula is C17H24N2O2. The number of para-hydroxylation sites is 1. The molecule has 1 aliphatic rings. The van der Waals surface area contributed by atoms with Gasteiger partial charge in [-0.1, -0.05) is 23.8 Å². The average Bonchev–Trinajstić information content (AvgIpc) is 2.47. The van der Waals surface area contributed by atoms with Crippen molar-refractivity contribution in [1.29, 1.82) is 0 Å². The van der Waals surface area contributed by atoms with Gasteiger partial charge in [0, 0.05) is 31.4 Å². The second-order valence-electron chi connectivity index (χ2n) is 5.85. The van der Waals surface area contributed by atoms with E-state index in [2.05, 4.69) is 30.1 Å². The van der Waals surface area contributed by atoms with E-state index in [1.165, 1.54) is 5.57 Å². The fraction of sp³-hybridized carbons (Fsp3) is 0.471. The van der Waals surface area contributed by atoms with Crippen molar-refractivity contribution in [2.75, 3.05) is 25.0 Å². The molecule has 0 spiro atoms. The predicted octanol–water partition coefficient (Wildman–Crippen LogP) is 3.23. The van der Waals surface area contributed by atoms with Crippen LogP contribution in [-0.4, -0.2) is 41.7 Å². The molecule has 1 heterocycles. The van der Waals surface area contributed by atoms with Gasteiger partial charge in [-0.3, -0.25) is 4.90 Å². The number of carbonyl (C=O) groups is 1. The molecule has 0 saturated carbocycles. The van der Waals surface area contributed by atoms with E-state index < -0.39 is 5.97 Å². The zero-order valence-electron chi connectivity index (χ0n) is 12.8. The van der Waals surface area contributed by atoms with Crippen LogP contribution in [0.1, 0.15) is 37.0 Å². The SMILES string of the molecule is CC(C)=CCN1CCC(Nc2ccccc2C(=O)O)CC1. The predicted molar refractivity (Wildman–Crippen MR) is 85.9 cm³/mol. The molecule has 114 valence electrons. The molecule has 2 N–H and O–H groups in total. The zero-order chi connectivity index (χ0) is 15.2. The standard InChI is InChI=1S/C17H24N2O2/c1-13(2)7-10-19-11-8-14(9-12-19)18-16-6-4-3-5-15(16)17(20)21/h3-7,14,18H,8-12H2,1-2H3,(H,20,21). The Bertz CT molecular complexity index is 513. The molecule has 1 aromatic rings. The summed E-state index contributed by atoms with van der Waals surface area (Å²) >= 11 is 0.